The Hall–Kier alpha value is -1.58. The summed E-state index contributed by atoms with van der Waals surface area (Å²) in [4.78, 5) is 15.4. The van der Waals surface area contributed by atoms with Crippen LogP contribution in [0.5, 0.6) is 0 Å². The van der Waals surface area contributed by atoms with Crippen LogP contribution < -0.4 is 0 Å². The van der Waals surface area contributed by atoms with Crippen molar-refractivity contribution in [1.82, 2.24) is 14.1 Å². The molecule has 1 aromatic carbocycles. The van der Waals surface area contributed by atoms with Gasteiger partial charge in [-0.15, -0.1) is 0 Å². The van der Waals surface area contributed by atoms with Gasteiger partial charge in [0.2, 0.25) is 15.9 Å². The zero-order chi connectivity index (χ0) is 18.8. The van der Waals surface area contributed by atoms with Gasteiger partial charge in [-0.05, 0) is 32.0 Å². The maximum atomic E-state index is 13.3. The van der Waals surface area contributed by atoms with Gasteiger partial charge in [-0.2, -0.15) is 4.31 Å². The van der Waals surface area contributed by atoms with Gasteiger partial charge >= 0.3 is 0 Å². The highest BCUT2D eigenvalue weighted by molar-refractivity contribution is 7.89. The summed E-state index contributed by atoms with van der Waals surface area (Å²) >= 11 is 0. The molecule has 1 saturated heterocycles. The van der Waals surface area contributed by atoms with Crippen LogP contribution in [-0.2, 0) is 14.8 Å². The second kappa shape index (κ2) is 7.76. The van der Waals surface area contributed by atoms with E-state index in [0.29, 0.717) is 19.2 Å². The van der Waals surface area contributed by atoms with Gasteiger partial charge in [0.25, 0.3) is 0 Å². The summed E-state index contributed by atoms with van der Waals surface area (Å²) < 4.78 is 52.6. The highest BCUT2D eigenvalue weighted by atomic mass is 32.2. The largest absolute Gasteiger partial charge is 0.342 e. The van der Waals surface area contributed by atoms with E-state index in [1.54, 1.807) is 11.9 Å². The normalized spacial score (nSPS) is 17.0. The molecule has 0 radical (unpaired) electrons. The summed E-state index contributed by atoms with van der Waals surface area (Å²) in [6.45, 7) is 5.27. The van der Waals surface area contributed by atoms with Crippen molar-refractivity contribution in [1.29, 1.82) is 0 Å². The highest BCUT2D eigenvalue weighted by Gasteiger charge is 2.30. The summed E-state index contributed by atoms with van der Waals surface area (Å²) in [6, 6.07) is 2.65. The summed E-state index contributed by atoms with van der Waals surface area (Å²) in [5, 5.41) is 0. The standard InChI is InChI=1S/C16H23F2N3O3S/c1-12(2)19(3)16(22)11-20-6-8-21(9-7-20)25(23,24)13-4-5-14(17)15(18)10-13/h4-5,10,12H,6-9,11H2,1-3H3. The number of benzene rings is 1. The molecule has 1 aliphatic heterocycles. The van der Waals surface area contributed by atoms with E-state index >= 15 is 0 Å². The van der Waals surface area contributed by atoms with Crippen molar-refractivity contribution in [3.8, 4) is 0 Å². The number of hydrogen-bond acceptors (Lipinski definition) is 4. The molecule has 0 spiro atoms. The van der Waals surface area contributed by atoms with E-state index in [0.717, 1.165) is 12.1 Å². The number of hydrogen-bond donors (Lipinski definition) is 0. The van der Waals surface area contributed by atoms with Crippen LogP contribution >= 0.6 is 0 Å². The summed E-state index contributed by atoms with van der Waals surface area (Å²) in [5.74, 6) is -2.30. The van der Waals surface area contributed by atoms with Gasteiger partial charge in [-0.3, -0.25) is 9.69 Å². The van der Waals surface area contributed by atoms with Crippen LogP contribution in [0, 0.1) is 11.6 Å². The molecule has 0 saturated carbocycles. The monoisotopic (exact) mass is 375 g/mol. The number of halogens is 2. The SMILES string of the molecule is CC(C)N(C)C(=O)CN1CCN(S(=O)(=O)c2ccc(F)c(F)c2)CC1. The van der Waals surface area contributed by atoms with Crippen LogP contribution in [0.3, 0.4) is 0 Å². The maximum absolute atomic E-state index is 13.3. The fraction of sp³-hybridized carbons (Fsp3) is 0.562. The number of nitrogens with zero attached hydrogens (tertiary/aromatic N) is 3. The molecule has 1 amide bonds. The molecule has 1 aliphatic rings. The smallest absolute Gasteiger partial charge is 0.243 e. The molecule has 0 unspecified atom stereocenters. The Morgan fingerprint density at radius 1 is 1.16 bits per heavy atom. The molecule has 25 heavy (non-hydrogen) atoms. The van der Waals surface area contributed by atoms with E-state index in [-0.39, 0.29) is 36.5 Å². The van der Waals surface area contributed by atoms with Crippen LogP contribution in [0.1, 0.15) is 13.8 Å². The zero-order valence-electron chi connectivity index (χ0n) is 14.6. The van der Waals surface area contributed by atoms with Gasteiger partial charge in [0.15, 0.2) is 11.6 Å². The fourth-order valence-electron chi connectivity index (χ4n) is 2.51. The molecule has 9 heteroatoms. The summed E-state index contributed by atoms with van der Waals surface area (Å²) in [7, 11) is -2.15. The lowest BCUT2D eigenvalue weighted by molar-refractivity contribution is -0.132. The van der Waals surface area contributed by atoms with Crippen molar-refractivity contribution in [3.63, 3.8) is 0 Å². The quantitative estimate of drug-likeness (QED) is 0.774. The van der Waals surface area contributed by atoms with Gasteiger partial charge in [0.1, 0.15) is 0 Å². The second-order valence-electron chi connectivity index (χ2n) is 6.35. The third kappa shape index (κ3) is 4.53. The van der Waals surface area contributed by atoms with Crippen LogP contribution in [0.15, 0.2) is 23.1 Å². The Bertz CT molecular complexity index is 732. The Morgan fingerprint density at radius 2 is 1.76 bits per heavy atom. The molecule has 0 N–H and O–H groups in total. The third-order valence-electron chi connectivity index (χ3n) is 4.39. The van der Waals surface area contributed by atoms with Crippen LogP contribution in [0.25, 0.3) is 0 Å². The molecule has 1 heterocycles. The number of rotatable bonds is 5. The number of carbonyl (C=O) groups excluding carboxylic acids is 1. The molecule has 0 aliphatic carbocycles. The first-order chi connectivity index (χ1) is 11.6. The summed E-state index contributed by atoms with van der Waals surface area (Å²) in [6.07, 6.45) is 0. The minimum absolute atomic E-state index is 0.0214. The topological polar surface area (TPSA) is 60.9 Å². The first kappa shape index (κ1) is 19.7. The second-order valence-corrected chi connectivity index (χ2v) is 8.29. The molecule has 0 atom stereocenters. The van der Waals surface area contributed by atoms with Crippen molar-refractivity contribution in [2.24, 2.45) is 0 Å². The molecule has 6 nitrogen and oxygen atoms in total. The average molecular weight is 375 g/mol. The van der Waals surface area contributed by atoms with Gasteiger partial charge in [0, 0.05) is 39.3 Å². The number of carbonyl (C=O) groups is 1. The number of likely N-dealkylation sites (N-methyl/N-ethyl adjacent to an activating group) is 1. The Kier molecular flexibility index (Phi) is 6.12. The molecule has 1 fully saturated rings. The fourth-order valence-corrected chi connectivity index (χ4v) is 3.94. The molecule has 0 bridgehead atoms. The van der Waals surface area contributed by atoms with Crippen LogP contribution in [0.2, 0.25) is 0 Å². The molecule has 2 rings (SSSR count). The lowest BCUT2D eigenvalue weighted by Gasteiger charge is -2.34. The lowest BCUT2D eigenvalue weighted by atomic mass is 10.3. The van der Waals surface area contributed by atoms with Crippen molar-refractivity contribution < 1.29 is 22.0 Å². The number of sulfonamides is 1. The third-order valence-corrected chi connectivity index (χ3v) is 6.28. The first-order valence-electron chi connectivity index (χ1n) is 8.06. The minimum atomic E-state index is -3.88. The van der Waals surface area contributed by atoms with Crippen LogP contribution in [0.4, 0.5) is 8.78 Å². The van der Waals surface area contributed by atoms with E-state index in [2.05, 4.69) is 0 Å². The van der Waals surface area contributed by atoms with E-state index in [4.69, 9.17) is 0 Å². The predicted octanol–water partition coefficient (Wildman–Crippen LogP) is 1.14. The zero-order valence-corrected chi connectivity index (χ0v) is 15.4. The van der Waals surface area contributed by atoms with Gasteiger partial charge in [-0.1, -0.05) is 0 Å². The molecular weight excluding hydrogens is 352 g/mol. The molecule has 0 aromatic heterocycles. The van der Waals surface area contributed by atoms with E-state index in [1.165, 1.54) is 4.31 Å². The minimum Gasteiger partial charge on any atom is -0.342 e. The van der Waals surface area contributed by atoms with Crippen molar-refractivity contribution in [2.75, 3.05) is 39.8 Å². The Labute approximate surface area is 147 Å². The summed E-state index contributed by atoms with van der Waals surface area (Å²) in [5.41, 5.74) is 0. The number of piperazine rings is 1. The van der Waals surface area contributed by atoms with Crippen molar-refractivity contribution in [3.05, 3.63) is 29.8 Å². The lowest BCUT2D eigenvalue weighted by Crippen LogP contribution is -2.51. The first-order valence-corrected chi connectivity index (χ1v) is 9.50. The maximum Gasteiger partial charge on any atom is 0.243 e. The van der Waals surface area contributed by atoms with Gasteiger partial charge < -0.3 is 4.90 Å². The van der Waals surface area contributed by atoms with Gasteiger partial charge in [0.05, 0.1) is 11.4 Å². The van der Waals surface area contributed by atoms with E-state index in [1.807, 2.05) is 18.7 Å². The highest BCUT2D eigenvalue weighted by Crippen LogP contribution is 2.20. The predicted molar refractivity (Wildman–Crippen MR) is 89.5 cm³/mol. The van der Waals surface area contributed by atoms with Crippen molar-refractivity contribution >= 4 is 15.9 Å². The van der Waals surface area contributed by atoms with Gasteiger partial charge in [-0.25, -0.2) is 17.2 Å². The molecule has 140 valence electrons. The Balaban J connectivity index is 1.99. The van der Waals surface area contributed by atoms with Crippen LogP contribution in [-0.4, -0.2) is 74.2 Å². The molecule has 1 aromatic rings. The average Bonchev–Trinajstić information content (AvgIpc) is 2.56. The Morgan fingerprint density at radius 3 is 2.28 bits per heavy atom. The van der Waals surface area contributed by atoms with E-state index in [9.17, 15) is 22.0 Å². The van der Waals surface area contributed by atoms with E-state index < -0.39 is 21.7 Å². The van der Waals surface area contributed by atoms with Crippen molar-refractivity contribution in [2.45, 2.75) is 24.8 Å². The number of amides is 1. The molecular formula is C16H23F2N3O3S.